The zero-order valence-corrected chi connectivity index (χ0v) is 15.6. The van der Waals surface area contributed by atoms with Crippen molar-refractivity contribution >= 4 is 11.9 Å². The van der Waals surface area contributed by atoms with Gasteiger partial charge in [0.1, 0.15) is 6.61 Å². The third-order valence-corrected chi connectivity index (χ3v) is 8.54. The Labute approximate surface area is 153 Å². The number of carbonyl (C=O) groups excluding carboxylic acids is 2. The molecule has 3 heterocycles. The molecule has 5 aliphatic rings. The number of hydrogen-bond donors (Lipinski definition) is 1. The van der Waals surface area contributed by atoms with Crippen LogP contribution in [0.5, 0.6) is 0 Å². The first-order chi connectivity index (χ1) is 12.3. The van der Waals surface area contributed by atoms with E-state index in [-0.39, 0.29) is 23.8 Å². The van der Waals surface area contributed by atoms with E-state index in [4.69, 9.17) is 14.2 Å². The number of aliphatic hydroxyl groups is 1. The maximum absolute atomic E-state index is 12.7. The van der Waals surface area contributed by atoms with Gasteiger partial charge in [0, 0.05) is 17.8 Å². The van der Waals surface area contributed by atoms with Gasteiger partial charge in [-0.15, -0.1) is 0 Å². The van der Waals surface area contributed by atoms with Gasteiger partial charge in [0.25, 0.3) is 0 Å². The highest BCUT2D eigenvalue weighted by atomic mass is 16.6. The Morgan fingerprint density at radius 3 is 2.58 bits per heavy atom. The van der Waals surface area contributed by atoms with Gasteiger partial charge in [0.05, 0.1) is 23.7 Å². The fourth-order valence-corrected chi connectivity index (χ4v) is 7.41. The second kappa shape index (κ2) is 5.02. The maximum Gasteiger partial charge on any atom is 0.338 e. The molecule has 26 heavy (non-hydrogen) atoms. The summed E-state index contributed by atoms with van der Waals surface area (Å²) in [4.78, 5) is 25.1. The summed E-state index contributed by atoms with van der Waals surface area (Å²) in [5, 5.41) is 11.1. The van der Waals surface area contributed by atoms with Crippen molar-refractivity contribution in [3.63, 3.8) is 0 Å². The molecule has 2 aliphatic carbocycles. The van der Waals surface area contributed by atoms with E-state index in [2.05, 4.69) is 6.92 Å². The molecular formula is C20H28O6. The molecular weight excluding hydrogens is 336 g/mol. The molecule has 1 N–H and O–H groups in total. The molecule has 5 fully saturated rings. The predicted molar refractivity (Wildman–Crippen MR) is 90.0 cm³/mol. The van der Waals surface area contributed by atoms with Crippen LogP contribution in [0.15, 0.2) is 0 Å². The average molecular weight is 364 g/mol. The smallest absolute Gasteiger partial charge is 0.338 e. The predicted octanol–water partition coefficient (Wildman–Crippen LogP) is 1.97. The molecule has 6 heteroatoms. The Bertz CT molecular complexity index is 677. The Morgan fingerprint density at radius 2 is 1.85 bits per heavy atom. The van der Waals surface area contributed by atoms with Crippen LogP contribution in [-0.2, 0) is 23.8 Å². The molecule has 7 atom stereocenters. The van der Waals surface area contributed by atoms with Gasteiger partial charge >= 0.3 is 11.9 Å². The van der Waals surface area contributed by atoms with Crippen molar-refractivity contribution in [1.29, 1.82) is 0 Å². The van der Waals surface area contributed by atoms with Crippen LogP contribution in [0, 0.1) is 22.7 Å². The molecule has 0 aromatic rings. The fourth-order valence-electron chi connectivity index (χ4n) is 7.41. The Hall–Kier alpha value is -1.14. The van der Waals surface area contributed by atoms with Crippen LogP contribution in [0.3, 0.4) is 0 Å². The third-order valence-electron chi connectivity index (χ3n) is 8.54. The zero-order chi connectivity index (χ0) is 18.4. The Kier molecular flexibility index (Phi) is 3.28. The van der Waals surface area contributed by atoms with Crippen LogP contribution in [0.4, 0.5) is 0 Å². The summed E-state index contributed by atoms with van der Waals surface area (Å²) >= 11 is 0. The topological polar surface area (TPSA) is 82.1 Å². The summed E-state index contributed by atoms with van der Waals surface area (Å²) in [6, 6.07) is 0. The van der Waals surface area contributed by atoms with Crippen LogP contribution in [0.2, 0.25) is 0 Å². The molecule has 3 saturated heterocycles. The summed E-state index contributed by atoms with van der Waals surface area (Å²) in [6.07, 6.45) is 4.61. The van der Waals surface area contributed by atoms with Gasteiger partial charge in [0.15, 0.2) is 5.60 Å². The Morgan fingerprint density at radius 1 is 1.04 bits per heavy atom. The summed E-state index contributed by atoms with van der Waals surface area (Å²) in [5.74, 6) is -0.504. The minimum absolute atomic E-state index is 0.0978. The highest BCUT2D eigenvalue weighted by Crippen LogP contribution is 2.70. The normalized spacial score (nSPS) is 55.7. The van der Waals surface area contributed by atoms with Gasteiger partial charge < -0.3 is 19.3 Å². The van der Waals surface area contributed by atoms with E-state index in [9.17, 15) is 14.7 Å². The minimum atomic E-state index is -0.842. The van der Waals surface area contributed by atoms with Crippen LogP contribution >= 0.6 is 0 Å². The lowest BCUT2D eigenvalue weighted by Crippen LogP contribution is -2.73. The molecule has 144 valence electrons. The number of carbonyl (C=O) groups is 2. The molecule has 5 rings (SSSR count). The highest BCUT2D eigenvalue weighted by molar-refractivity contribution is 5.82. The lowest BCUT2D eigenvalue weighted by Gasteiger charge is -2.67. The van der Waals surface area contributed by atoms with Crippen LogP contribution in [0.1, 0.15) is 58.8 Å². The van der Waals surface area contributed by atoms with E-state index in [0.717, 1.165) is 25.7 Å². The summed E-state index contributed by atoms with van der Waals surface area (Å²) in [7, 11) is 0. The van der Waals surface area contributed by atoms with Crippen molar-refractivity contribution in [1.82, 2.24) is 0 Å². The number of esters is 2. The van der Waals surface area contributed by atoms with Crippen molar-refractivity contribution in [2.75, 3.05) is 13.2 Å². The van der Waals surface area contributed by atoms with Crippen molar-refractivity contribution in [3.05, 3.63) is 0 Å². The van der Waals surface area contributed by atoms with E-state index in [1.54, 1.807) is 0 Å². The highest BCUT2D eigenvalue weighted by Gasteiger charge is 2.76. The van der Waals surface area contributed by atoms with Gasteiger partial charge in [-0.1, -0.05) is 13.3 Å². The Balaban J connectivity index is 1.64. The minimum Gasteiger partial charge on any atom is -0.465 e. The first-order valence-electron chi connectivity index (χ1n) is 10.0. The summed E-state index contributed by atoms with van der Waals surface area (Å²) in [6.45, 7) is 4.78. The van der Waals surface area contributed by atoms with Crippen molar-refractivity contribution < 1.29 is 28.9 Å². The summed E-state index contributed by atoms with van der Waals surface area (Å²) < 4.78 is 17.7. The monoisotopic (exact) mass is 364 g/mol. The molecule has 0 radical (unpaired) electrons. The van der Waals surface area contributed by atoms with E-state index >= 15 is 0 Å². The largest absolute Gasteiger partial charge is 0.465 e. The molecule has 0 aromatic carbocycles. The third kappa shape index (κ3) is 1.71. The lowest BCUT2D eigenvalue weighted by molar-refractivity contribution is -0.302. The van der Waals surface area contributed by atoms with Crippen LogP contribution < -0.4 is 0 Å². The number of cyclic esters (lactones) is 2. The molecule has 0 unspecified atom stereocenters. The van der Waals surface area contributed by atoms with Gasteiger partial charge in [-0.2, -0.15) is 0 Å². The van der Waals surface area contributed by atoms with Gasteiger partial charge in [-0.05, 0) is 44.9 Å². The van der Waals surface area contributed by atoms with Crippen LogP contribution in [0.25, 0.3) is 0 Å². The molecule has 0 amide bonds. The van der Waals surface area contributed by atoms with E-state index in [1.807, 2.05) is 6.92 Å². The van der Waals surface area contributed by atoms with Gasteiger partial charge in [-0.3, -0.25) is 4.79 Å². The van der Waals surface area contributed by atoms with E-state index in [1.165, 1.54) is 0 Å². The first kappa shape index (κ1) is 17.0. The zero-order valence-electron chi connectivity index (χ0n) is 15.6. The number of aliphatic hydroxyl groups excluding tert-OH is 1. The van der Waals surface area contributed by atoms with Gasteiger partial charge in [-0.25, -0.2) is 4.79 Å². The van der Waals surface area contributed by atoms with Gasteiger partial charge in [0.2, 0.25) is 0 Å². The lowest BCUT2D eigenvalue weighted by atomic mass is 9.42. The van der Waals surface area contributed by atoms with E-state index in [0.29, 0.717) is 32.5 Å². The molecule has 0 aromatic heterocycles. The first-order valence-corrected chi connectivity index (χ1v) is 10.0. The molecule has 2 saturated carbocycles. The van der Waals surface area contributed by atoms with Crippen molar-refractivity contribution in [2.24, 2.45) is 22.7 Å². The number of rotatable bonds is 0. The summed E-state index contributed by atoms with van der Waals surface area (Å²) in [5.41, 5.74) is -2.47. The molecule has 6 nitrogen and oxygen atoms in total. The van der Waals surface area contributed by atoms with Crippen molar-refractivity contribution in [3.8, 4) is 0 Å². The van der Waals surface area contributed by atoms with Crippen molar-refractivity contribution in [2.45, 2.75) is 76.1 Å². The SMILES string of the molecule is C[C@@H]1C[C@@H](O)[C@@H]2[C@@]3(CCC[C@]2(C)C(=O)OC3)[C@@]12CC[C@]1(CCOC1=O)O2. The van der Waals surface area contributed by atoms with E-state index < -0.39 is 28.1 Å². The molecule has 3 aliphatic heterocycles. The second-order valence-corrected chi connectivity index (χ2v) is 9.56. The number of hydrogen-bond acceptors (Lipinski definition) is 6. The fraction of sp³-hybridized carbons (Fsp3) is 0.900. The maximum atomic E-state index is 12.7. The molecule has 2 spiro atoms. The number of ether oxygens (including phenoxy) is 3. The van der Waals surface area contributed by atoms with Crippen LogP contribution in [-0.4, -0.2) is 47.6 Å². The standard InChI is InChI=1S/C20H28O6/c1-12-10-13(21)14-17(2)4-3-5-18(14,11-25-15(17)22)20(12)7-6-19(26-20)8-9-24-16(19)23/h12-14,21H,3-11H2,1-2H3/t12-,13-,14+,17+,18+,19-,20-/m1/s1. The molecule has 2 bridgehead atoms. The quantitative estimate of drug-likeness (QED) is 0.662. The second-order valence-electron chi connectivity index (χ2n) is 9.56. The average Bonchev–Trinajstić information content (AvgIpc) is 3.16.